The standard InChI is InChI=1S/C22H20N4OS/c1-22-16(12-28-21(24)26-22)6-7-27-20-5-3-14(9-17(20)22)19-10-15-8-13(11-23)2-4-18(15)25-19/h2-5,8-10,16,25H,6-7,12H2,1H3,(H2,24,26)/t16-,22+/m1/s1. The summed E-state index contributed by atoms with van der Waals surface area (Å²) in [6.45, 7) is 2.87. The predicted molar refractivity (Wildman–Crippen MR) is 113 cm³/mol. The summed E-state index contributed by atoms with van der Waals surface area (Å²) in [7, 11) is 0. The quantitative estimate of drug-likeness (QED) is 0.647. The molecule has 3 aromatic rings. The molecule has 0 unspecified atom stereocenters. The molecule has 0 fully saturated rings. The zero-order chi connectivity index (χ0) is 19.3. The van der Waals surface area contributed by atoms with Crippen molar-refractivity contribution in [2.24, 2.45) is 16.6 Å². The summed E-state index contributed by atoms with van der Waals surface area (Å²) < 4.78 is 6.06. The van der Waals surface area contributed by atoms with E-state index >= 15 is 0 Å². The number of nitrogens with one attached hydrogen (secondary N) is 1. The first-order chi connectivity index (χ1) is 13.6. The van der Waals surface area contributed by atoms with Crippen molar-refractivity contribution in [3.63, 3.8) is 0 Å². The van der Waals surface area contributed by atoms with Crippen molar-refractivity contribution >= 4 is 27.8 Å². The minimum atomic E-state index is -0.378. The minimum Gasteiger partial charge on any atom is -0.493 e. The van der Waals surface area contributed by atoms with Gasteiger partial charge < -0.3 is 15.5 Å². The Labute approximate surface area is 167 Å². The number of hydrogen-bond acceptors (Lipinski definition) is 5. The molecule has 2 atom stereocenters. The molecule has 28 heavy (non-hydrogen) atoms. The van der Waals surface area contributed by atoms with Crippen molar-refractivity contribution in [1.82, 2.24) is 4.98 Å². The highest BCUT2D eigenvalue weighted by Gasteiger charge is 2.42. The molecule has 6 heteroatoms. The van der Waals surface area contributed by atoms with Gasteiger partial charge >= 0.3 is 0 Å². The number of fused-ring (bicyclic) bond motifs is 4. The maximum atomic E-state index is 9.14. The molecule has 2 aliphatic rings. The SMILES string of the molecule is C[C@]12N=C(N)SC[C@H]1CCOc1ccc(-c3cc4cc(C#N)ccc4[nH]3)cc12. The molecule has 0 amide bonds. The third-order valence-corrected chi connectivity index (χ3v) is 6.84. The summed E-state index contributed by atoms with van der Waals surface area (Å²) in [4.78, 5) is 8.33. The van der Waals surface area contributed by atoms with Gasteiger partial charge in [-0.05, 0) is 61.4 Å². The number of amidine groups is 1. The van der Waals surface area contributed by atoms with Gasteiger partial charge in [-0.1, -0.05) is 11.8 Å². The molecule has 0 spiro atoms. The molecule has 140 valence electrons. The number of nitriles is 1. The maximum absolute atomic E-state index is 9.14. The monoisotopic (exact) mass is 388 g/mol. The van der Waals surface area contributed by atoms with Gasteiger partial charge in [-0.3, -0.25) is 4.99 Å². The maximum Gasteiger partial charge on any atom is 0.154 e. The second kappa shape index (κ2) is 6.32. The van der Waals surface area contributed by atoms with Crippen LogP contribution in [-0.4, -0.2) is 22.5 Å². The lowest BCUT2D eigenvalue weighted by atomic mass is 9.79. The second-order valence-corrected chi connectivity index (χ2v) is 8.59. The van der Waals surface area contributed by atoms with E-state index in [4.69, 9.17) is 20.7 Å². The van der Waals surface area contributed by atoms with Crippen LogP contribution in [-0.2, 0) is 5.54 Å². The van der Waals surface area contributed by atoms with Crippen LogP contribution in [0.4, 0.5) is 0 Å². The summed E-state index contributed by atoms with van der Waals surface area (Å²) in [6.07, 6.45) is 0.966. The zero-order valence-corrected chi connectivity index (χ0v) is 16.3. The molecule has 5 nitrogen and oxygen atoms in total. The van der Waals surface area contributed by atoms with Crippen molar-refractivity contribution < 1.29 is 4.74 Å². The van der Waals surface area contributed by atoms with Crippen molar-refractivity contribution in [2.75, 3.05) is 12.4 Å². The Morgan fingerprint density at radius 1 is 1.29 bits per heavy atom. The number of nitrogens with zero attached hydrogens (tertiary/aromatic N) is 2. The van der Waals surface area contributed by atoms with Gasteiger partial charge in [0.1, 0.15) is 5.75 Å². The Bertz CT molecular complexity index is 1160. The number of benzene rings is 2. The highest BCUT2D eigenvalue weighted by atomic mass is 32.2. The molecule has 2 aliphatic heterocycles. The Morgan fingerprint density at radius 3 is 3.04 bits per heavy atom. The van der Waals surface area contributed by atoms with Crippen molar-refractivity contribution in [3.05, 3.63) is 53.6 Å². The van der Waals surface area contributed by atoms with Crippen LogP contribution in [0.15, 0.2) is 47.5 Å². The molecule has 3 heterocycles. The molecule has 3 N–H and O–H groups in total. The number of ether oxygens (including phenoxy) is 1. The van der Waals surface area contributed by atoms with Gasteiger partial charge in [-0.2, -0.15) is 5.26 Å². The van der Waals surface area contributed by atoms with Gasteiger partial charge in [-0.15, -0.1) is 0 Å². The summed E-state index contributed by atoms with van der Waals surface area (Å²) in [5.74, 6) is 2.24. The smallest absolute Gasteiger partial charge is 0.154 e. The number of thioether (sulfide) groups is 1. The summed E-state index contributed by atoms with van der Waals surface area (Å²) >= 11 is 1.63. The van der Waals surface area contributed by atoms with Crippen LogP contribution in [0.2, 0.25) is 0 Å². The third kappa shape index (κ3) is 2.66. The van der Waals surface area contributed by atoms with Gasteiger partial charge in [-0.25, -0.2) is 0 Å². The minimum absolute atomic E-state index is 0.378. The molecular formula is C22H20N4OS. The van der Waals surface area contributed by atoms with E-state index in [0.29, 0.717) is 23.3 Å². The number of aromatic amines is 1. The average Bonchev–Trinajstić information content (AvgIpc) is 3.06. The van der Waals surface area contributed by atoms with E-state index in [1.807, 2.05) is 24.3 Å². The van der Waals surface area contributed by atoms with E-state index in [2.05, 4.69) is 36.2 Å². The predicted octanol–water partition coefficient (Wildman–Crippen LogP) is 4.38. The van der Waals surface area contributed by atoms with Crippen LogP contribution in [0.25, 0.3) is 22.2 Å². The van der Waals surface area contributed by atoms with Crippen LogP contribution in [0.1, 0.15) is 24.5 Å². The summed E-state index contributed by atoms with van der Waals surface area (Å²) in [5.41, 5.74) is 10.6. The first kappa shape index (κ1) is 17.2. The largest absolute Gasteiger partial charge is 0.493 e. The van der Waals surface area contributed by atoms with E-state index in [-0.39, 0.29) is 5.54 Å². The Morgan fingerprint density at radius 2 is 2.18 bits per heavy atom. The summed E-state index contributed by atoms with van der Waals surface area (Å²) in [6, 6.07) is 16.3. The fourth-order valence-corrected chi connectivity index (χ4v) is 5.35. The topological polar surface area (TPSA) is 87.2 Å². The molecule has 0 saturated heterocycles. The van der Waals surface area contributed by atoms with Crippen LogP contribution in [0.5, 0.6) is 5.75 Å². The van der Waals surface area contributed by atoms with Gasteiger partial charge in [0.2, 0.25) is 0 Å². The normalized spacial score (nSPS) is 23.7. The van der Waals surface area contributed by atoms with Crippen molar-refractivity contribution in [3.8, 4) is 23.1 Å². The van der Waals surface area contributed by atoms with Gasteiger partial charge in [0.25, 0.3) is 0 Å². The Balaban J connectivity index is 1.65. The molecular weight excluding hydrogens is 368 g/mol. The fourth-order valence-electron chi connectivity index (χ4n) is 4.23. The Kier molecular flexibility index (Phi) is 3.88. The van der Waals surface area contributed by atoms with E-state index in [9.17, 15) is 0 Å². The van der Waals surface area contributed by atoms with E-state index in [1.165, 1.54) is 0 Å². The number of aromatic nitrogens is 1. The fraction of sp³-hybridized carbons (Fsp3) is 0.273. The molecule has 0 radical (unpaired) electrons. The number of rotatable bonds is 1. The van der Waals surface area contributed by atoms with E-state index in [1.54, 1.807) is 11.8 Å². The molecule has 2 aromatic carbocycles. The average molecular weight is 388 g/mol. The molecule has 5 rings (SSSR count). The molecule has 0 saturated carbocycles. The highest BCUT2D eigenvalue weighted by molar-refractivity contribution is 8.13. The van der Waals surface area contributed by atoms with Crippen LogP contribution in [0, 0.1) is 17.2 Å². The van der Waals surface area contributed by atoms with Crippen LogP contribution in [0.3, 0.4) is 0 Å². The Hall–Kier alpha value is -2.91. The first-order valence-electron chi connectivity index (χ1n) is 9.35. The van der Waals surface area contributed by atoms with Gasteiger partial charge in [0.15, 0.2) is 5.17 Å². The third-order valence-electron chi connectivity index (χ3n) is 5.88. The van der Waals surface area contributed by atoms with Crippen molar-refractivity contribution in [2.45, 2.75) is 18.9 Å². The van der Waals surface area contributed by atoms with Gasteiger partial charge in [0.05, 0.1) is 23.8 Å². The number of aliphatic imine (C=N–C) groups is 1. The lowest BCUT2D eigenvalue weighted by molar-refractivity contribution is 0.271. The molecule has 0 bridgehead atoms. The van der Waals surface area contributed by atoms with Crippen LogP contribution >= 0.6 is 11.8 Å². The lowest BCUT2D eigenvalue weighted by Crippen LogP contribution is -2.37. The van der Waals surface area contributed by atoms with Crippen LogP contribution < -0.4 is 10.5 Å². The number of nitrogens with two attached hydrogens (primary N) is 1. The second-order valence-electron chi connectivity index (χ2n) is 7.55. The van der Waals surface area contributed by atoms with E-state index in [0.717, 1.165) is 45.6 Å². The van der Waals surface area contributed by atoms with Crippen molar-refractivity contribution in [1.29, 1.82) is 5.26 Å². The van der Waals surface area contributed by atoms with Gasteiger partial charge in [0, 0.05) is 33.8 Å². The molecule has 1 aromatic heterocycles. The number of hydrogen-bond donors (Lipinski definition) is 2. The highest BCUT2D eigenvalue weighted by Crippen LogP contribution is 2.47. The summed E-state index contributed by atoms with van der Waals surface area (Å²) in [5, 5.41) is 10.8. The number of H-pyrrole nitrogens is 1. The van der Waals surface area contributed by atoms with E-state index < -0.39 is 0 Å². The lowest BCUT2D eigenvalue weighted by Gasteiger charge is -2.36. The zero-order valence-electron chi connectivity index (χ0n) is 15.5. The first-order valence-corrected chi connectivity index (χ1v) is 10.3. The molecule has 0 aliphatic carbocycles.